The molecule has 0 unspecified atom stereocenters. The van der Waals surface area contributed by atoms with Gasteiger partial charge in [-0.25, -0.2) is 4.98 Å². The monoisotopic (exact) mass is 302 g/mol. The highest BCUT2D eigenvalue weighted by Crippen LogP contribution is 2.29. The van der Waals surface area contributed by atoms with Gasteiger partial charge in [0.15, 0.2) is 5.69 Å². The summed E-state index contributed by atoms with van der Waals surface area (Å²) in [5.74, 6) is -0.727. The van der Waals surface area contributed by atoms with E-state index in [4.69, 9.17) is 5.73 Å². The minimum atomic E-state index is -4.66. The maximum absolute atomic E-state index is 12.4. The topological polar surface area (TPSA) is 63.8 Å². The van der Waals surface area contributed by atoms with Gasteiger partial charge in [-0.2, -0.15) is 31.3 Å². The lowest BCUT2D eigenvalue weighted by molar-refractivity contribution is -0.141. The van der Waals surface area contributed by atoms with Crippen LogP contribution in [-0.2, 0) is 6.18 Å². The molecule has 1 rings (SSSR count). The molecule has 114 valence electrons. The lowest BCUT2D eigenvalue weighted by atomic mass is 10.2. The van der Waals surface area contributed by atoms with Crippen LogP contribution in [0.3, 0.4) is 0 Å². The molecule has 0 spiro atoms. The van der Waals surface area contributed by atoms with Gasteiger partial charge in [-0.05, 0) is 12.8 Å². The van der Waals surface area contributed by atoms with Crippen LogP contribution in [0.1, 0.15) is 25.0 Å². The van der Waals surface area contributed by atoms with E-state index < -0.39 is 30.4 Å². The van der Waals surface area contributed by atoms with Crippen molar-refractivity contribution in [2.45, 2.75) is 31.6 Å². The van der Waals surface area contributed by atoms with Crippen molar-refractivity contribution >= 4 is 11.8 Å². The molecule has 0 aliphatic rings. The number of alkyl halides is 6. The maximum atomic E-state index is 12.4. The molecule has 0 bridgehead atoms. The minimum absolute atomic E-state index is 0.0594. The number of unbranched alkanes of at least 4 members (excludes halogenated alkanes) is 1. The Balaban J connectivity index is 2.50. The molecule has 10 heteroatoms. The van der Waals surface area contributed by atoms with Gasteiger partial charge in [-0.1, -0.05) is 0 Å². The first-order valence-electron chi connectivity index (χ1n) is 5.60. The van der Waals surface area contributed by atoms with Crippen LogP contribution in [0.15, 0.2) is 6.07 Å². The van der Waals surface area contributed by atoms with Crippen LogP contribution in [0, 0.1) is 0 Å². The number of nitrogen functional groups attached to an aromatic ring is 1. The van der Waals surface area contributed by atoms with Gasteiger partial charge in [0.25, 0.3) is 0 Å². The molecular formula is C10H12F6N4. The van der Waals surface area contributed by atoms with Crippen molar-refractivity contribution in [2.75, 3.05) is 17.6 Å². The van der Waals surface area contributed by atoms with Crippen LogP contribution in [0.5, 0.6) is 0 Å². The summed E-state index contributed by atoms with van der Waals surface area (Å²) in [6.07, 6.45) is -9.81. The standard InChI is InChI=1S/C10H12F6N4/c11-9(12,13)3-1-2-4-18-7-5-6(10(14,15)16)19-8(17)20-7/h5H,1-4H2,(H3,17,18,19,20). The van der Waals surface area contributed by atoms with Gasteiger partial charge in [0.2, 0.25) is 5.95 Å². The number of anilines is 2. The molecule has 4 nitrogen and oxygen atoms in total. The summed E-state index contributed by atoms with van der Waals surface area (Å²) in [5.41, 5.74) is 3.93. The molecule has 20 heavy (non-hydrogen) atoms. The van der Waals surface area contributed by atoms with Crippen molar-refractivity contribution in [2.24, 2.45) is 0 Å². The van der Waals surface area contributed by atoms with Crippen molar-refractivity contribution in [3.05, 3.63) is 11.8 Å². The fourth-order valence-electron chi connectivity index (χ4n) is 1.37. The molecule has 1 aromatic rings. The van der Waals surface area contributed by atoms with Crippen LogP contribution in [-0.4, -0.2) is 22.7 Å². The van der Waals surface area contributed by atoms with Gasteiger partial charge in [0.05, 0.1) is 0 Å². The zero-order chi connectivity index (χ0) is 15.4. The molecule has 1 heterocycles. The van der Waals surface area contributed by atoms with Crippen LogP contribution in [0.4, 0.5) is 38.1 Å². The quantitative estimate of drug-likeness (QED) is 0.647. The van der Waals surface area contributed by atoms with E-state index in [1.54, 1.807) is 0 Å². The highest BCUT2D eigenvalue weighted by atomic mass is 19.4. The molecule has 0 atom stereocenters. The van der Waals surface area contributed by atoms with Gasteiger partial charge in [0.1, 0.15) is 5.82 Å². The number of rotatable bonds is 5. The summed E-state index contributed by atoms with van der Waals surface area (Å²) in [6.45, 7) is 0.0594. The normalized spacial score (nSPS) is 12.5. The average molecular weight is 302 g/mol. The predicted octanol–water partition coefficient (Wildman–Crippen LogP) is 3.22. The van der Waals surface area contributed by atoms with Crippen LogP contribution >= 0.6 is 0 Å². The van der Waals surface area contributed by atoms with E-state index in [1.807, 2.05) is 0 Å². The summed E-state index contributed by atoms with van der Waals surface area (Å²) in [5, 5.41) is 2.49. The van der Waals surface area contributed by atoms with Crippen LogP contribution < -0.4 is 11.1 Å². The minimum Gasteiger partial charge on any atom is -0.370 e. The summed E-state index contributed by atoms with van der Waals surface area (Å²) in [7, 11) is 0. The van der Waals surface area contributed by atoms with E-state index in [0.717, 1.165) is 0 Å². The second-order valence-electron chi connectivity index (χ2n) is 3.99. The molecule has 0 fully saturated rings. The molecule has 0 aliphatic heterocycles. The van der Waals surface area contributed by atoms with Gasteiger partial charge in [0, 0.05) is 19.0 Å². The lowest BCUT2D eigenvalue weighted by Crippen LogP contribution is -2.14. The third-order valence-corrected chi connectivity index (χ3v) is 2.23. The third-order valence-electron chi connectivity index (χ3n) is 2.23. The smallest absolute Gasteiger partial charge is 0.370 e. The van der Waals surface area contributed by atoms with Gasteiger partial charge in [-0.3, -0.25) is 0 Å². The number of hydrogen-bond acceptors (Lipinski definition) is 4. The third kappa shape index (κ3) is 5.93. The van der Waals surface area contributed by atoms with E-state index in [2.05, 4.69) is 15.3 Å². The molecular weight excluding hydrogens is 290 g/mol. The Bertz CT molecular complexity index is 442. The molecule has 0 saturated heterocycles. The second-order valence-corrected chi connectivity index (χ2v) is 3.99. The van der Waals surface area contributed by atoms with E-state index >= 15 is 0 Å². The maximum Gasteiger partial charge on any atom is 0.433 e. The SMILES string of the molecule is Nc1nc(NCCCCC(F)(F)F)cc(C(F)(F)F)n1. The Labute approximate surface area is 110 Å². The van der Waals surface area contributed by atoms with Crippen molar-refractivity contribution in [3.8, 4) is 0 Å². The summed E-state index contributed by atoms with van der Waals surface area (Å²) >= 11 is 0. The van der Waals surface area contributed by atoms with Crippen molar-refractivity contribution in [1.29, 1.82) is 0 Å². The lowest BCUT2D eigenvalue weighted by Gasteiger charge is -2.10. The molecule has 0 saturated carbocycles. The van der Waals surface area contributed by atoms with Crippen molar-refractivity contribution < 1.29 is 26.3 Å². The fraction of sp³-hybridized carbons (Fsp3) is 0.600. The summed E-state index contributed by atoms with van der Waals surface area (Å²) < 4.78 is 72.9. The molecule has 0 amide bonds. The first-order chi connectivity index (χ1) is 9.08. The first-order valence-corrected chi connectivity index (χ1v) is 5.60. The molecule has 1 aromatic heterocycles. The van der Waals surface area contributed by atoms with Gasteiger partial charge in [-0.15, -0.1) is 0 Å². The van der Waals surface area contributed by atoms with E-state index in [0.29, 0.717) is 6.07 Å². The number of halogens is 6. The zero-order valence-corrected chi connectivity index (χ0v) is 10.1. The molecule has 0 radical (unpaired) electrons. The zero-order valence-electron chi connectivity index (χ0n) is 10.1. The summed E-state index contributed by atoms with van der Waals surface area (Å²) in [4.78, 5) is 6.56. The highest BCUT2D eigenvalue weighted by molar-refractivity contribution is 5.41. The Morgan fingerprint density at radius 2 is 1.70 bits per heavy atom. The van der Waals surface area contributed by atoms with E-state index in [1.165, 1.54) is 0 Å². The number of hydrogen-bond donors (Lipinski definition) is 2. The van der Waals surface area contributed by atoms with E-state index in [9.17, 15) is 26.3 Å². The number of nitrogens with zero attached hydrogens (tertiary/aromatic N) is 2. The highest BCUT2D eigenvalue weighted by Gasteiger charge is 2.33. The van der Waals surface area contributed by atoms with Crippen molar-refractivity contribution in [3.63, 3.8) is 0 Å². The fourth-order valence-corrected chi connectivity index (χ4v) is 1.37. The first kappa shape index (κ1) is 16.3. The Kier molecular flexibility index (Phi) is 5.01. The van der Waals surface area contributed by atoms with Gasteiger partial charge >= 0.3 is 12.4 Å². The Hall–Kier alpha value is -1.74. The Morgan fingerprint density at radius 3 is 2.25 bits per heavy atom. The number of nitrogens with one attached hydrogen (secondary N) is 1. The molecule has 0 aliphatic carbocycles. The molecule has 3 N–H and O–H groups in total. The van der Waals surface area contributed by atoms with E-state index in [-0.39, 0.29) is 25.2 Å². The van der Waals surface area contributed by atoms with Crippen molar-refractivity contribution in [1.82, 2.24) is 9.97 Å². The number of nitrogens with two attached hydrogens (primary N) is 1. The van der Waals surface area contributed by atoms with Crippen LogP contribution in [0.25, 0.3) is 0 Å². The number of aromatic nitrogens is 2. The largest absolute Gasteiger partial charge is 0.433 e. The van der Waals surface area contributed by atoms with Gasteiger partial charge < -0.3 is 11.1 Å². The predicted molar refractivity (Wildman–Crippen MR) is 59.8 cm³/mol. The molecule has 0 aromatic carbocycles. The second kappa shape index (κ2) is 6.14. The Morgan fingerprint density at radius 1 is 1.05 bits per heavy atom. The average Bonchev–Trinajstić information content (AvgIpc) is 2.25. The van der Waals surface area contributed by atoms with Crippen LogP contribution in [0.2, 0.25) is 0 Å². The summed E-state index contributed by atoms with van der Waals surface area (Å²) in [6, 6.07) is 0.653.